The molecule has 5 rings (SSSR count). The highest BCUT2D eigenvalue weighted by molar-refractivity contribution is 7.89. The number of fused-ring (bicyclic) bond motifs is 2. The fraction of sp³-hybridized carbons (Fsp3) is 0.536. The van der Waals surface area contributed by atoms with Crippen molar-refractivity contribution in [3.63, 3.8) is 0 Å². The summed E-state index contributed by atoms with van der Waals surface area (Å²) in [6, 6.07) is 3.96. The van der Waals surface area contributed by atoms with Crippen LogP contribution in [0.2, 0.25) is 5.02 Å². The monoisotopic (exact) mass is 620 g/mol. The summed E-state index contributed by atoms with van der Waals surface area (Å²) in [5.41, 5.74) is -0.777. The van der Waals surface area contributed by atoms with E-state index in [0.29, 0.717) is 30.2 Å². The summed E-state index contributed by atoms with van der Waals surface area (Å²) in [7, 11) is -3.86. The highest BCUT2D eigenvalue weighted by atomic mass is 35.5. The van der Waals surface area contributed by atoms with Gasteiger partial charge in [-0.2, -0.15) is 13.2 Å². The Morgan fingerprint density at radius 2 is 1.73 bits per heavy atom. The lowest BCUT2D eigenvalue weighted by molar-refractivity contribution is -0.137. The Morgan fingerprint density at radius 3 is 2.32 bits per heavy atom. The van der Waals surface area contributed by atoms with Crippen LogP contribution in [0.5, 0.6) is 5.75 Å². The normalized spacial score (nSPS) is 23.3. The number of carbonyl (C=O) groups excluding carboxylic acids is 1. The van der Waals surface area contributed by atoms with E-state index in [2.05, 4.69) is 4.90 Å². The number of hydrogen-bond donors (Lipinski definition) is 1. The zero-order valence-corrected chi connectivity index (χ0v) is 23.8. The summed E-state index contributed by atoms with van der Waals surface area (Å²) < 4.78 is 100. The van der Waals surface area contributed by atoms with Crippen LogP contribution in [0.25, 0.3) is 0 Å². The molecular weight excluding hydrogens is 591 g/mol. The molecule has 3 fully saturated rings. The van der Waals surface area contributed by atoms with Gasteiger partial charge >= 0.3 is 6.18 Å². The lowest BCUT2D eigenvalue weighted by Crippen LogP contribution is -2.52. The molecule has 3 aliphatic rings. The Hall–Kier alpha value is -2.44. The summed E-state index contributed by atoms with van der Waals surface area (Å²) >= 11 is 5.81. The Bertz CT molecular complexity index is 1430. The van der Waals surface area contributed by atoms with E-state index in [-0.39, 0.29) is 48.2 Å². The number of hydrogen-bond acceptors (Lipinski definition) is 5. The van der Waals surface area contributed by atoms with Gasteiger partial charge in [0.1, 0.15) is 17.4 Å². The van der Waals surface area contributed by atoms with Crippen molar-refractivity contribution < 1.29 is 39.9 Å². The summed E-state index contributed by atoms with van der Waals surface area (Å²) in [6.45, 7) is 0.297. The average molecular weight is 621 g/mol. The smallest absolute Gasteiger partial charge is 0.416 e. The van der Waals surface area contributed by atoms with E-state index >= 15 is 0 Å². The minimum Gasteiger partial charge on any atom is -0.493 e. The number of carbonyl (C=O) groups is 1. The molecule has 1 N–H and O–H groups in total. The molecule has 0 unspecified atom stereocenters. The third-order valence-electron chi connectivity index (χ3n) is 8.12. The molecular formula is C28H30ClF5N2O4S. The van der Waals surface area contributed by atoms with Gasteiger partial charge in [-0.1, -0.05) is 18.0 Å². The molecule has 41 heavy (non-hydrogen) atoms. The van der Waals surface area contributed by atoms with Crippen LogP contribution in [-0.4, -0.2) is 44.2 Å². The van der Waals surface area contributed by atoms with E-state index in [9.17, 15) is 35.2 Å². The number of nitrogens with one attached hydrogen (secondary N) is 1. The molecule has 3 atom stereocenters. The van der Waals surface area contributed by atoms with Crippen molar-refractivity contribution in [2.24, 2.45) is 5.92 Å². The molecule has 1 aliphatic carbocycles. The Morgan fingerprint density at radius 1 is 1.07 bits per heavy atom. The van der Waals surface area contributed by atoms with Crippen LogP contribution in [0.4, 0.5) is 22.0 Å². The van der Waals surface area contributed by atoms with Crippen LogP contribution in [0, 0.1) is 17.6 Å². The van der Waals surface area contributed by atoms with Gasteiger partial charge in [0.15, 0.2) is 0 Å². The van der Waals surface area contributed by atoms with Gasteiger partial charge in [0.05, 0.1) is 29.0 Å². The maximum Gasteiger partial charge on any atom is 0.416 e. The number of ether oxygens (including phenoxy) is 1. The van der Waals surface area contributed by atoms with Crippen LogP contribution in [0.15, 0.2) is 24.3 Å². The molecule has 2 bridgehead atoms. The number of nitrogens with zero attached hydrogens (tertiary/aromatic N) is 1. The Labute approximate surface area is 240 Å². The second kappa shape index (κ2) is 11.3. The summed E-state index contributed by atoms with van der Waals surface area (Å²) in [6.07, 6.45) is 1.80. The average Bonchev–Trinajstić information content (AvgIpc) is 3.69. The molecule has 2 aromatic carbocycles. The number of rotatable bonds is 8. The van der Waals surface area contributed by atoms with Gasteiger partial charge < -0.3 is 4.74 Å². The molecule has 1 saturated carbocycles. The van der Waals surface area contributed by atoms with Crippen LogP contribution < -0.4 is 9.46 Å². The lowest BCUT2D eigenvalue weighted by Gasteiger charge is -2.49. The Kier molecular flexibility index (Phi) is 8.30. The first-order valence-electron chi connectivity index (χ1n) is 13.5. The first-order chi connectivity index (χ1) is 19.2. The molecule has 0 aromatic heterocycles. The fourth-order valence-corrected chi connectivity index (χ4v) is 6.81. The number of amides is 1. The van der Waals surface area contributed by atoms with E-state index in [1.54, 1.807) is 4.72 Å². The molecule has 2 saturated heterocycles. The number of sulfonamides is 1. The molecule has 6 nitrogen and oxygen atoms in total. The molecule has 0 spiro atoms. The highest BCUT2D eigenvalue weighted by Crippen LogP contribution is 2.46. The van der Waals surface area contributed by atoms with Gasteiger partial charge in [-0.05, 0) is 74.1 Å². The predicted molar refractivity (Wildman–Crippen MR) is 142 cm³/mol. The van der Waals surface area contributed by atoms with Gasteiger partial charge in [0.2, 0.25) is 10.0 Å². The minimum atomic E-state index is -4.64. The largest absolute Gasteiger partial charge is 0.493 e. The molecule has 2 aromatic rings. The van der Waals surface area contributed by atoms with Crippen LogP contribution in [0.1, 0.15) is 77.9 Å². The molecule has 13 heteroatoms. The zero-order chi connectivity index (χ0) is 29.7. The molecule has 224 valence electrons. The maximum atomic E-state index is 14.9. The van der Waals surface area contributed by atoms with Gasteiger partial charge in [-0.25, -0.2) is 21.9 Å². The second-order valence-corrected chi connectivity index (χ2v) is 13.5. The van der Waals surface area contributed by atoms with Crippen LogP contribution >= 0.6 is 11.6 Å². The third kappa shape index (κ3) is 6.97. The van der Waals surface area contributed by atoms with Gasteiger partial charge in [-0.15, -0.1) is 0 Å². The molecule has 2 heterocycles. The van der Waals surface area contributed by atoms with Crippen molar-refractivity contribution in [1.82, 2.24) is 9.62 Å². The van der Waals surface area contributed by atoms with E-state index < -0.39 is 44.3 Å². The summed E-state index contributed by atoms with van der Waals surface area (Å²) in [5, 5.41) is -0.554. The van der Waals surface area contributed by atoms with Crippen LogP contribution in [-0.2, 0) is 22.7 Å². The van der Waals surface area contributed by atoms with Gasteiger partial charge in [-0.3, -0.25) is 9.69 Å². The quantitative estimate of drug-likeness (QED) is 0.345. The summed E-state index contributed by atoms with van der Waals surface area (Å²) in [4.78, 5) is 14.4. The fourth-order valence-electron chi connectivity index (χ4n) is 6.12. The number of piperidine rings is 2. The predicted octanol–water partition coefficient (Wildman–Crippen LogP) is 6.42. The maximum absolute atomic E-state index is 14.9. The van der Waals surface area contributed by atoms with Crippen molar-refractivity contribution in [2.45, 2.75) is 75.7 Å². The SMILES string of the molecule is CS(=O)(=O)NC(=O)c1cc(C2CC2)c(OC[C@@H]2C[C@H]3CCC[C@@H](C2)N3Cc2cc(C(F)(F)F)cc(Cl)c2F)cc1F. The molecule has 0 radical (unpaired) electrons. The lowest BCUT2D eigenvalue weighted by atomic mass is 9.78. The van der Waals surface area contributed by atoms with E-state index in [1.807, 2.05) is 0 Å². The van der Waals surface area contributed by atoms with Crippen molar-refractivity contribution in [1.29, 1.82) is 0 Å². The zero-order valence-electron chi connectivity index (χ0n) is 22.2. The minimum absolute atomic E-state index is 0.0190. The van der Waals surface area contributed by atoms with Crippen LogP contribution in [0.3, 0.4) is 0 Å². The van der Waals surface area contributed by atoms with E-state index in [0.717, 1.165) is 50.5 Å². The van der Waals surface area contributed by atoms with E-state index in [4.69, 9.17) is 16.3 Å². The molecule has 1 amide bonds. The van der Waals surface area contributed by atoms with Crippen molar-refractivity contribution in [3.05, 3.63) is 63.2 Å². The van der Waals surface area contributed by atoms with Crippen molar-refractivity contribution >= 4 is 27.5 Å². The second-order valence-electron chi connectivity index (χ2n) is 11.3. The molecule has 2 aliphatic heterocycles. The van der Waals surface area contributed by atoms with Gasteiger partial charge in [0.25, 0.3) is 5.91 Å². The van der Waals surface area contributed by atoms with Gasteiger partial charge in [0, 0.05) is 30.3 Å². The topological polar surface area (TPSA) is 75.7 Å². The highest BCUT2D eigenvalue weighted by Gasteiger charge is 2.40. The number of halogens is 6. The third-order valence-corrected chi connectivity index (χ3v) is 8.95. The Balaban J connectivity index is 1.29. The van der Waals surface area contributed by atoms with Crippen molar-refractivity contribution in [2.75, 3.05) is 12.9 Å². The first-order valence-corrected chi connectivity index (χ1v) is 15.8. The summed E-state index contributed by atoms with van der Waals surface area (Å²) in [5.74, 6) is -2.29. The number of benzene rings is 2. The number of alkyl halides is 3. The first kappa shape index (κ1) is 30.0. The van der Waals surface area contributed by atoms with E-state index in [1.165, 1.54) is 6.07 Å². The van der Waals surface area contributed by atoms with Crippen molar-refractivity contribution in [3.8, 4) is 5.75 Å². The standard InChI is InChI=1S/C28H30ClF5N2O4S/c1-41(38,39)35-27(37)22-11-21(16-5-6-16)25(12-24(22)30)40-14-15-7-19-3-2-4-20(8-15)36(19)13-17-9-18(28(32,33)34)10-23(29)26(17)31/h9-12,15-16,19-20H,2-8,13-14H2,1H3,(H,35,37)/t15-,19-,20+.